The number of amides is 1. The number of hydrogen-bond donors (Lipinski definition) is 7. The Kier molecular flexibility index (Phi) is 13.1. The molecule has 2 aliphatic rings. The Morgan fingerprint density at radius 2 is 1.28 bits per heavy atom. The van der Waals surface area contributed by atoms with Gasteiger partial charge in [-0.3, -0.25) is 0 Å². The van der Waals surface area contributed by atoms with E-state index in [0.29, 0.717) is 47.2 Å². The lowest BCUT2D eigenvalue weighted by Gasteiger charge is -2.24. The zero-order valence-electron chi connectivity index (χ0n) is 34.2. The van der Waals surface area contributed by atoms with Crippen LogP contribution in [-0.4, -0.2) is 108 Å². The van der Waals surface area contributed by atoms with E-state index in [0.717, 1.165) is 59.2 Å². The molecule has 0 unspecified atom stereocenters. The van der Waals surface area contributed by atoms with Gasteiger partial charge >= 0.3 is 6.09 Å². The Labute approximate surface area is 354 Å². The molecule has 1 amide bonds. The van der Waals surface area contributed by atoms with Crippen molar-refractivity contribution < 1.29 is 30.0 Å². The van der Waals surface area contributed by atoms with Gasteiger partial charge in [-0.1, -0.05) is 47.9 Å². The third-order valence-corrected chi connectivity index (χ3v) is 9.89. The van der Waals surface area contributed by atoms with Gasteiger partial charge in [-0.2, -0.15) is 0 Å². The zero-order valence-corrected chi connectivity index (χ0v) is 34.2. The number of fused-ring (bicyclic) bond motifs is 2. The van der Waals surface area contributed by atoms with Crippen LogP contribution in [0, 0.1) is 23.7 Å². The molecule has 0 aliphatic carbocycles. The molecule has 14 nitrogen and oxygen atoms in total. The van der Waals surface area contributed by atoms with Crippen molar-refractivity contribution in [1.82, 2.24) is 30.2 Å². The first kappa shape index (κ1) is 42.2. The number of carbonyl (C=O) groups excluding carboxylic acids is 1. The highest BCUT2D eigenvalue weighted by Crippen LogP contribution is 2.33. The van der Waals surface area contributed by atoms with Crippen molar-refractivity contribution in [1.29, 1.82) is 0 Å². The minimum atomic E-state index is -0.552. The molecule has 2 aromatic heterocycles. The van der Waals surface area contributed by atoms with Crippen LogP contribution in [0.1, 0.15) is 44.7 Å². The molecule has 2 fully saturated rings. The van der Waals surface area contributed by atoms with Gasteiger partial charge in [-0.15, -0.1) is 0 Å². The molecular weight excluding hydrogens is 773 g/mol. The predicted molar refractivity (Wildman–Crippen MR) is 236 cm³/mol. The van der Waals surface area contributed by atoms with Crippen molar-refractivity contribution >= 4 is 39.5 Å². The quantitative estimate of drug-likeness (QED) is 0.0984. The topological polar surface area (TPSA) is 198 Å². The number of anilines is 2. The molecule has 61 heavy (non-hydrogen) atoms. The third kappa shape index (κ3) is 10.6. The molecular formula is C47H48N8O6. The summed E-state index contributed by atoms with van der Waals surface area (Å²) in [5.41, 5.74) is 3.55. The van der Waals surface area contributed by atoms with E-state index in [9.17, 15) is 15.0 Å². The van der Waals surface area contributed by atoms with Crippen LogP contribution in [0.25, 0.3) is 44.6 Å². The lowest BCUT2D eigenvalue weighted by Crippen LogP contribution is -2.36. The maximum absolute atomic E-state index is 12.5. The Balaban J connectivity index is 0.000000189. The summed E-state index contributed by atoms with van der Waals surface area (Å²) in [6, 6.07) is 25.5. The van der Waals surface area contributed by atoms with E-state index in [4.69, 9.17) is 24.9 Å². The van der Waals surface area contributed by atoms with Crippen LogP contribution < -0.4 is 16.0 Å². The number of aromatic hydroxyl groups is 2. The SMILES string of the molecule is CC(C)(C)OC(=O)N1CC[C@H](Nc2nc(-c3ccccc3O)nc3ccc(C#CCO)cc23)C1.OCC#Cc1ccc2nc(-c3ccccc3O)nc(N[C@H]3CCNC3)c2c1. The van der Waals surface area contributed by atoms with Crippen LogP contribution in [-0.2, 0) is 4.74 Å². The van der Waals surface area contributed by atoms with Crippen molar-refractivity contribution in [2.75, 3.05) is 50.0 Å². The smallest absolute Gasteiger partial charge is 0.410 e. The summed E-state index contributed by atoms with van der Waals surface area (Å²) in [7, 11) is 0. The van der Waals surface area contributed by atoms with Gasteiger partial charge in [0.25, 0.3) is 0 Å². The Hall–Kier alpha value is -6.97. The van der Waals surface area contributed by atoms with Crippen molar-refractivity contribution in [3.05, 3.63) is 96.1 Å². The van der Waals surface area contributed by atoms with Crippen LogP contribution in [0.15, 0.2) is 84.9 Å². The Morgan fingerprint density at radius 3 is 1.75 bits per heavy atom. The summed E-state index contributed by atoms with van der Waals surface area (Å²) in [4.78, 5) is 32.9. The minimum absolute atomic E-state index is 0.0324. The molecule has 0 bridgehead atoms. The number of phenolic OH excluding ortho intramolecular Hbond substituents is 2. The van der Waals surface area contributed by atoms with Crippen LogP contribution >= 0.6 is 0 Å². The summed E-state index contributed by atoms with van der Waals surface area (Å²) in [5.74, 6) is 13.6. The summed E-state index contributed by atoms with van der Waals surface area (Å²) < 4.78 is 5.50. The van der Waals surface area contributed by atoms with Gasteiger partial charge in [0.05, 0.1) is 22.2 Å². The standard InChI is InChI=1S/C26H28N4O4.C21H20N4O2/c1-26(2,3)34-25(33)30-13-12-18(16-30)27-24-20-15-17(7-6-14-31)10-11-21(20)28-23(29-24)19-8-4-5-9-22(19)32;26-11-3-4-14-7-8-18-17(12-14)21(23-15-9-10-22-13-15)25-20(24-18)16-5-1-2-6-19(16)27/h4-5,8-11,15,18,31-32H,12-14,16H2,1-3H3,(H,27,28,29);1-2,5-8,12,15,22,26-27H,9-11,13H2,(H,23,24,25)/t18-;15-/m00/s1. The summed E-state index contributed by atoms with van der Waals surface area (Å²) in [6.07, 6.45) is 1.42. The van der Waals surface area contributed by atoms with Crippen LogP contribution in [0.4, 0.5) is 16.4 Å². The minimum Gasteiger partial charge on any atom is -0.507 e. The van der Waals surface area contributed by atoms with E-state index in [1.807, 2.05) is 69.3 Å². The number of ether oxygens (including phenoxy) is 1. The molecule has 2 aliphatic heterocycles. The maximum Gasteiger partial charge on any atom is 0.410 e. The van der Waals surface area contributed by atoms with Gasteiger partial charge in [0.1, 0.15) is 41.9 Å². The zero-order chi connectivity index (χ0) is 42.9. The van der Waals surface area contributed by atoms with Gasteiger partial charge in [-0.25, -0.2) is 24.7 Å². The number of carbonyl (C=O) groups is 1. The molecule has 2 atom stereocenters. The predicted octanol–water partition coefficient (Wildman–Crippen LogP) is 5.89. The van der Waals surface area contributed by atoms with Crippen molar-refractivity contribution in [3.63, 3.8) is 0 Å². The molecule has 0 radical (unpaired) electrons. The van der Waals surface area contributed by atoms with E-state index in [2.05, 4.69) is 49.6 Å². The molecule has 312 valence electrons. The van der Waals surface area contributed by atoms with Gasteiger partial charge in [0.2, 0.25) is 0 Å². The highest BCUT2D eigenvalue weighted by Gasteiger charge is 2.30. The van der Waals surface area contributed by atoms with E-state index >= 15 is 0 Å². The molecule has 0 saturated carbocycles. The number of aliphatic hydroxyl groups is 2. The molecule has 0 spiro atoms. The lowest BCUT2D eigenvalue weighted by molar-refractivity contribution is 0.0293. The van der Waals surface area contributed by atoms with Gasteiger partial charge in [0.15, 0.2) is 11.6 Å². The van der Waals surface area contributed by atoms with Crippen LogP contribution in [0.5, 0.6) is 11.5 Å². The first-order valence-corrected chi connectivity index (χ1v) is 20.1. The fraction of sp³-hybridized carbons (Fsp3) is 0.298. The number of nitrogens with one attached hydrogen (secondary N) is 3. The van der Waals surface area contributed by atoms with E-state index in [1.54, 1.807) is 41.3 Å². The van der Waals surface area contributed by atoms with Crippen LogP contribution in [0.2, 0.25) is 0 Å². The fourth-order valence-electron chi connectivity index (χ4n) is 7.02. The monoisotopic (exact) mass is 820 g/mol. The molecule has 8 rings (SSSR count). The van der Waals surface area contributed by atoms with E-state index in [-0.39, 0.29) is 42.9 Å². The summed E-state index contributed by atoms with van der Waals surface area (Å²) in [5, 5.41) is 50.4. The number of hydrogen-bond acceptors (Lipinski definition) is 13. The maximum atomic E-state index is 12.5. The second-order valence-corrected chi connectivity index (χ2v) is 15.6. The average Bonchev–Trinajstić information content (AvgIpc) is 3.95. The third-order valence-electron chi connectivity index (χ3n) is 9.89. The molecule has 14 heteroatoms. The van der Waals surface area contributed by atoms with Gasteiger partial charge in [-0.05, 0) is 101 Å². The average molecular weight is 821 g/mol. The van der Waals surface area contributed by atoms with E-state index in [1.165, 1.54) is 0 Å². The first-order chi connectivity index (χ1) is 29.5. The number of likely N-dealkylation sites (tertiary alicyclic amines) is 1. The molecule has 4 aromatic carbocycles. The fourth-order valence-corrected chi connectivity index (χ4v) is 7.02. The molecule has 7 N–H and O–H groups in total. The van der Waals surface area contributed by atoms with Crippen molar-refractivity contribution in [3.8, 4) is 58.0 Å². The second kappa shape index (κ2) is 19.0. The Bertz CT molecular complexity index is 2670. The highest BCUT2D eigenvalue weighted by molar-refractivity contribution is 5.93. The van der Waals surface area contributed by atoms with Gasteiger partial charge < -0.3 is 46.0 Å². The summed E-state index contributed by atoms with van der Waals surface area (Å²) in [6.45, 7) is 8.05. The van der Waals surface area contributed by atoms with E-state index < -0.39 is 5.60 Å². The number of rotatable bonds is 6. The first-order valence-electron chi connectivity index (χ1n) is 20.1. The van der Waals surface area contributed by atoms with Crippen LogP contribution in [0.3, 0.4) is 0 Å². The Morgan fingerprint density at radius 1 is 0.754 bits per heavy atom. The van der Waals surface area contributed by atoms with Crippen molar-refractivity contribution in [2.24, 2.45) is 0 Å². The second-order valence-electron chi connectivity index (χ2n) is 15.6. The molecule has 6 aromatic rings. The number of aliphatic hydroxyl groups excluding tert-OH is 2. The molecule has 4 heterocycles. The number of nitrogens with zero attached hydrogens (tertiary/aromatic N) is 5. The number of benzene rings is 4. The number of para-hydroxylation sites is 2. The largest absolute Gasteiger partial charge is 0.507 e. The van der Waals surface area contributed by atoms with Crippen molar-refractivity contribution in [2.45, 2.75) is 51.3 Å². The molecule has 2 saturated heterocycles. The van der Waals surface area contributed by atoms with Gasteiger partial charge in [0, 0.05) is 53.6 Å². The highest BCUT2D eigenvalue weighted by atomic mass is 16.6. The number of phenols is 2. The normalized spacial score (nSPS) is 15.9. The lowest BCUT2D eigenvalue weighted by atomic mass is 10.1. The summed E-state index contributed by atoms with van der Waals surface area (Å²) >= 11 is 0. The number of aromatic nitrogens is 4.